The molecule has 0 bridgehead atoms. The van der Waals surface area contributed by atoms with Crippen molar-refractivity contribution in [2.24, 2.45) is 0 Å². The van der Waals surface area contributed by atoms with Crippen molar-refractivity contribution in [3.8, 4) is 28.6 Å². The number of aliphatic hydroxyl groups excluding tert-OH is 1. The van der Waals surface area contributed by atoms with Crippen molar-refractivity contribution in [1.29, 1.82) is 0 Å². The lowest BCUT2D eigenvalue weighted by Crippen LogP contribution is -2.22. The molecule has 0 radical (unpaired) electrons. The van der Waals surface area contributed by atoms with Crippen LogP contribution >= 0.6 is 0 Å². The van der Waals surface area contributed by atoms with Crippen LogP contribution in [-0.4, -0.2) is 41.6 Å². The van der Waals surface area contributed by atoms with Gasteiger partial charge < -0.3 is 25.0 Å². The highest BCUT2D eigenvalue weighted by Crippen LogP contribution is 2.37. The van der Waals surface area contributed by atoms with Crippen LogP contribution in [0.15, 0.2) is 40.9 Å². The Hall–Kier alpha value is -2.90. The Morgan fingerprint density at radius 2 is 2.13 bits per heavy atom. The number of nitrogens with zero attached hydrogens (tertiary/aromatic N) is 2. The fourth-order valence-electron chi connectivity index (χ4n) is 3.98. The second-order valence-corrected chi connectivity index (χ2v) is 7.69. The van der Waals surface area contributed by atoms with E-state index in [0.717, 1.165) is 35.4 Å². The van der Waals surface area contributed by atoms with Gasteiger partial charge in [0.2, 0.25) is 5.82 Å². The van der Waals surface area contributed by atoms with Gasteiger partial charge in [-0.15, -0.1) is 0 Å². The number of nitrogens with one attached hydrogen (secondary N) is 2. The minimum Gasteiger partial charge on any atom is -0.489 e. The van der Waals surface area contributed by atoms with Gasteiger partial charge in [-0.25, -0.2) is 0 Å². The average Bonchev–Trinajstić information content (AvgIpc) is 3.39. The van der Waals surface area contributed by atoms with E-state index in [1.165, 1.54) is 11.1 Å². The molecule has 0 saturated carbocycles. The maximum atomic E-state index is 9.11. The molecular weight excluding hydrogens is 380 g/mol. The van der Waals surface area contributed by atoms with Crippen LogP contribution in [0.25, 0.3) is 22.8 Å². The summed E-state index contributed by atoms with van der Waals surface area (Å²) in [4.78, 5) is 4.67. The van der Waals surface area contributed by atoms with E-state index >= 15 is 0 Å². The van der Waals surface area contributed by atoms with Crippen LogP contribution < -0.4 is 15.4 Å². The van der Waals surface area contributed by atoms with Gasteiger partial charge in [0, 0.05) is 30.8 Å². The average molecular weight is 409 g/mol. The van der Waals surface area contributed by atoms with Crippen molar-refractivity contribution in [2.75, 3.05) is 25.5 Å². The highest BCUT2D eigenvalue weighted by Gasteiger charge is 2.26. The third-order valence-electron chi connectivity index (χ3n) is 5.30. The second kappa shape index (κ2) is 8.85. The molecule has 3 N–H and O–H groups in total. The van der Waals surface area contributed by atoms with Gasteiger partial charge in [-0.1, -0.05) is 23.4 Å². The summed E-state index contributed by atoms with van der Waals surface area (Å²) in [6, 6.07) is 12.3. The highest BCUT2D eigenvalue weighted by atomic mass is 16.5. The molecule has 0 aliphatic heterocycles. The number of fused-ring (bicyclic) bond motifs is 1. The van der Waals surface area contributed by atoms with E-state index in [9.17, 15) is 0 Å². The largest absolute Gasteiger partial charge is 0.489 e. The Morgan fingerprint density at radius 1 is 1.27 bits per heavy atom. The van der Waals surface area contributed by atoms with E-state index < -0.39 is 0 Å². The highest BCUT2D eigenvalue weighted by molar-refractivity contribution is 5.70. The maximum absolute atomic E-state index is 9.11. The summed E-state index contributed by atoms with van der Waals surface area (Å²) >= 11 is 0. The molecule has 30 heavy (non-hydrogen) atoms. The number of hydrogen-bond donors (Lipinski definition) is 3. The number of ether oxygens (including phenoxy) is 1. The van der Waals surface area contributed by atoms with E-state index in [4.69, 9.17) is 14.4 Å². The Balaban J connectivity index is 1.62. The van der Waals surface area contributed by atoms with Crippen molar-refractivity contribution >= 4 is 5.69 Å². The minimum atomic E-state index is 0.0915. The summed E-state index contributed by atoms with van der Waals surface area (Å²) in [6.45, 7) is 4.72. The van der Waals surface area contributed by atoms with Gasteiger partial charge in [-0.2, -0.15) is 4.98 Å². The van der Waals surface area contributed by atoms with Gasteiger partial charge in [0.1, 0.15) is 5.75 Å². The van der Waals surface area contributed by atoms with Gasteiger partial charge in [-0.3, -0.25) is 0 Å². The molecule has 7 heteroatoms. The van der Waals surface area contributed by atoms with E-state index in [0.29, 0.717) is 18.3 Å². The summed E-state index contributed by atoms with van der Waals surface area (Å²) in [5.74, 6) is 1.86. The van der Waals surface area contributed by atoms with Crippen molar-refractivity contribution < 1.29 is 14.4 Å². The molecule has 0 spiro atoms. The second-order valence-electron chi connectivity index (χ2n) is 7.69. The summed E-state index contributed by atoms with van der Waals surface area (Å²) in [7, 11) is 1.86. The van der Waals surface area contributed by atoms with Crippen LogP contribution in [0.4, 0.5) is 5.69 Å². The third kappa shape index (κ3) is 4.04. The molecule has 1 aliphatic carbocycles. The molecule has 1 unspecified atom stereocenters. The van der Waals surface area contributed by atoms with E-state index in [1.54, 1.807) is 0 Å². The fourth-order valence-corrected chi connectivity index (χ4v) is 3.98. The lowest BCUT2D eigenvalue weighted by Gasteiger charge is -2.14. The zero-order valence-electron chi connectivity index (χ0n) is 17.6. The van der Waals surface area contributed by atoms with Crippen molar-refractivity contribution in [1.82, 2.24) is 15.5 Å². The predicted molar refractivity (Wildman–Crippen MR) is 117 cm³/mol. The van der Waals surface area contributed by atoms with E-state index in [-0.39, 0.29) is 18.8 Å². The molecule has 7 nitrogen and oxygen atoms in total. The molecule has 1 aliphatic rings. The molecule has 1 atom stereocenters. The van der Waals surface area contributed by atoms with Crippen LogP contribution in [0.2, 0.25) is 0 Å². The standard InChI is InChI=1S/C23H28N4O3/c1-14(2)29-21-10-7-15(13-20(21)24-3)23-26-22(27-30-23)18-6-4-5-17-16(18)8-9-19(17)25-11-12-28/h4-7,10,13-14,19,24-25,28H,8-9,11-12H2,1-3H3. The van der Waals surface area contributed by atoms with Crippen molar-refractivity contribution in [2.45, 2.75) is 38.8 Å². The summed E-state index contributed by atoms with van der Waals surface area (Å²) in [5, 5.41) is 19.9. The first-order valence-electron chi connectivity index (χ1n) is 10.4. The number of rotatable bonds is 8. The van der Waals surface area contributed by atoms with E-state index in [1.807, 2.05) is 51.2 Å². The number of anilines is 1. The van der Waals surface area contributed by atoms with Gasteiger partial charge in [0.25, 0.3) is 5.89 Å². The summed E-state index contributed by atoms with van der Waals surface area (Å²) in [5.41, 5.74) is 5.21. The SMILES string of the molecule is CNc1cc(-c2nc(-c3cccc4c3CCC4NCCO)no2)ccc1OC(C)C. The zero-order chi connectivity index (χ0) is 21.1. The van der Waals surface area contributed by atoms with Crippen LogP contribution in [0.1, 0.15) is 37.4 Å². The van der Waals surface area contributed by atoms with Gasteiger partial charge in [-0.05, 0) is 56.0 Å². The normalized spacial score (nSPS) is 15.4. The zero-order valence-corrected chi connectivity index (χ0v) is 17.6. The van der Waals surface area contributed by atoms with Gasteiger partial charge in [0.05, 0.1) is 18.4 Å². The molecule has 0 amide bonds. The van der Waals surface area contributed by atoms with Crippen molar-refractivity contribution in [3.05, 3.63) is 47.5 Å². The summed E-state index contributed by atoms with van der Waals surface area (Å²) in [6.07, 6.45) is 2.04. The molecule has 2 aromatic carbocycles. The van der Waals surface area contributed by atoms with Crippen LogP contribution in [0, 0.1) is 0 Å². The monoisotopic (exact) mass is 408 g/mol. The molecule has 4 rings (SSSR count). The quantitative estimate of drug-likeness (QED) is 0.522. The minimum absolute atomic E-state index is 0.0915. The van der Waals surface area contributed by atoms with Crippen LogP contribution in [-0.2, 0) is 6.42 Å². The van der Waals surface area contributed by atoms with E-state index in [2.05, 4.69) is 26.8 Å². The van der Waals surface area contributed by atoms with Gasteiger partial charge >= 0.3 is 0 Å². The Bertz CT molecular complexity index is 1020. The molecule has 158 valence electrons. The molecule has 3 aromatic rings. The molecule has 1 aromatic heterocycles. The number of aliphatic hydroxyl groups is 1. The Labute approximate surface area is 176 Å². The first kappa shape index (κ1) is 20.4. The number of hydrogen-bond acceptors (Lipinski definition) is 7. The smallest absolute Gasteiger partial charge is 0.258 e. The first-order valence-corrected chi connectivity index (χ1v) is 10.4. The van der Waals surface area contributed by atoms with Crippen LogP contribution in [0.3, 0.4) is 0 Å². The number of aromatic nitrogens is 2. The third-order valence-corrected chi connectivity index (χ3v) is 5.30. The summed E-state index contributed by atoms with van der Waals surface area (Å²) < 4.78 is 11.4. The molecule has 1 heterocycles. The lowest BCUT2D eigenvalue weighted by atomic mass is 10.0. The fraction of sp³-hybridized carbons (Fsp3) is 0.391. The first-order chi connectivity index (χ1) is 14.6. The predicted octanol–water partition coefficient (Wildman–Crippen LogP) is 3.80. The van der Waals surface area contributed by atoms with Crippen LogP contribution in [0.5, 0.6) is 5.75 Å². The Morgan fingerprint density at radius 3 is 2.90 bits per heavy atom. The number of benzene rings is 2. The van der Waals surface area contributed by atoms with Crippen molar-refractivity contribution in [3.63, 3.8) is 0 Å². The lowest BCUT2D eigenvalue weighted by molar-refractivity contribution is 0.243. The Kier molecular flexibility index (Phi) is 6.01. The molecule has 0 fully saturated rings. The maximum Gasteiger partial charge on any atom is 0.258 e. The van der Waals surface area contributed by atoms with Gasteiger partial charge in [0.15, 0.2) is 0 Å². The topological polar surface area (TPSA) is 92.4 Å². The molecule has 0 saturated heterocycles. The molecular formula is C23H28N4O3.